The monoisotopic (exact) mass is 210 g/mol. The summed E-state index contributed by atoms with van der Waals surface area (Å²) in [7, 11) is 0. The van der Waals surface area contributed by atoms with E-state index >= 15 is 0 Å². The molecule has 0 saturated carbocycles. The Morgan fingerprint density at radius 1 is 1.33 bits per heavy atom. The minimum Gasteiger partial charge on any atom is -0.376 e. The quantitative estimate of drug-likeness (QED) is 0.675. The van der Waals surface area contributed by atoms with Gasteiger partial charge < -0.3 is 19.4 Å². The molecule has 1 unspecified atom stereocenters. The zero-order chi connectivity index (χ0) is 10.1. The number of aromatic nitrogens is 3. The minimum atomic E-state index is -0.0434. The molecule has 6 heteroatoms. The molecular weight excluding hydrogens is 196 g/mol. The Bertz CT molecular complexity index is 346. The second-order valence-electron chi connectivity index (χ2n) is 3.74. The number of ether oxygens (including phenoxy) is 2. The molecule has 2 aliphatic rings. The molecule has 0 radical (unpaired) electrons. The predicted molar refractivity (Wildman–Crippen MR) is 51.2 cm³/mol. The van der Waals surface area contributed by atoms with Crippen LogP contribution in [0.4, 0.5) is 0 Å². The summed E-state index contributed by atoms with van der Waals surface area (Å²) in [5, 5.41) is 11.6. The van der Waals surface area contributed by atoms with Gasteiger partial charge in [0.2, 0.25) is 0 Å². The Morgan fingerprint density at radius 3 is 3.20 bits per heavy atom. The Labute approximate surface area is 87.6 Å². The van der Waals surface area contributed by atoms with Crippen molar-refractivity contribution in [3.05, 3.63) is 11.6 Å². The van der Waals surface area contributed by atoms with Crippen molar-refractivity contribution in [1.82, 2.24) is 20.1 Å². The van der Waals surface area contributed by atoms with E-state index in [2.05, 4.69) is 20.1 Å². The molecule has 1 aromatic heterocycles. The van der Waals surface area contributed by atoms with Gasteiger partial charge in [-0.2, -0.15) is 0 Å². The zero-order valence-corrected chi connectivity index (χ0v) is 8.48. The van der Waals surface area contributed by atoms with E-state index in [1.807, 2.05) is 0 Å². The van der Waals surface area contributed by atoms with E-state index in [1.165, 1.54) is 0 Å². The smallest absolute Gasteiger partial charge is 0.164 e. The first-order valence-corrected chi connectivity index (χ1v) is 5.27. The fraction of sp³-hybridized carbons (Fsp3) is 0.778. The van der Waals surface area contributed by atoms with Gasteiger partial charge in [-0.3, -0.25) is 0 Å². The van der Waals surface area contributed by atoms with E-state index in [9.17, 15) is 0 Å². The zero-order valence-electron chi connectivity index (χ0n) is 8.48. The normalized spacial score (nSPS) is 26.3. The van der Waals surface area contributed by atoms with Crippen LogP contribution in [-0.2, 0) is 22.6 Å². The molecule has 0 spiro atoms. The van der Waals surface area contributed by atoms with Crippen LogP contribution in [0.15, 0.2) is 0 Å². The van der Waals surface area contributed by atoms with Gasteiger partial charge in [-0.05, 0) is 0 Å². The second kappa shape index (κ2) is 3.88. The summed E-state index contributed by atoms with van der Waals surface area (Å²) in [5.41, 5.74) is 0. The first-order valence-electron chi connectivity index (χ1n) is 5.27. The van der Waals surface area contributed by atoms with Crippen LogP contribution in [0.1, 0.15) is 17.8 Å². The third kappa shape index (κ3) is 1.64. The van der Waals surface area contributed by atoms with E-state index in [-0.39, 0.29) is 6.10 Å². The molecule has 0 bridgehead atoms. The molecule has 0 aliphatic carbocycles. The molecule has 3 rings (SSSR count). The van der Waals surface area contributed by atoms with Crippen molar-refractivity contribution in [1.29, 1.82) is 0 Å². The van der Waals surface area contributed by atoms with E-state index in [4.69, 9.17) is 9.47 Å². The van der Waals surface area contributed by atoms with Gasteiger partial charge in [0, 0.05) is 13.1 Å². The molecule has 3 heterocycles. The summed E-state index contributed by atoms with van der Waals surface area (Å²) in [6.45, 7) is 4.58. The van der Waals surface area contributed by atoms with Crippen molar-refractivity contribution in [2.45, 2.75) is 19.2 Å². The highest BCUT2D eigenvalue weighted by Gasteiger charge is 2.25. The highest BCUT2D eigenvalue weighted by Crippen LogP contribution is 2.20. The van der Waals surface area contributed by atoms with Gasteiger partial charge >= 0.3 is 0 Å². The van der Waals surface area contributed by atoms with E-state index in [0.29, 0.717) is 19.8 Å². The number of rotatable bonds is 1. The highest BCUT2D eigenvalue weighted by molar-refractivity contribution is 5.02. The minimum absolute atomic E-state index is 0.0434. The second-order valence-corrected chi connectivity index (χ2v) is 3.74. The summed E-state index contributed by atoms with van der Waals surface area (Å²) in [6.07, 6.45) is -0.0434. The highest BCUT2D eigenvalue weighted by atomic mass is 16.6. The largest absolute Gasteiger partial charge is 0.376 e. The van der Waals surface area contributed by atoms with Crippen LogP contribution in [0.5, 0.6) is 0 Å². The summed E-state index contributed by atoms with van der Waals surface area (Å²) >= 11 is 0. The van der Waals surface area contributed by atoms with Gasteiger partial charge in [-0.15, -0.1) is 10.2 Å². The Balaban J connectivity index is 1.87. The summed E-state index contributed by atoms with van der Waals surface area (Å²) in [5.74, 6) is 1.90. The predicted octanol–water partition coefficient (Wildman–Crippen LogP) is -0.531. The molecule has 0 amide bonds. The van der Waals surface area contributed by atoms with E-state index in [0.717, 1.165) is 31.3 Å². The van der Waals surface area contributed by atoms with Crippen LogP contribution in [0.3, 0.4) is 0 Å². The number of nitrogens with zero attached hydrogens (tertiary/aromatic N) is 3. The van der Waals surface area contributed by atoms with Crippen LogP contribution in [0, 0.1) is 0 Å². The fourth-order valence-electron chi connectivity index (χ4n) is 1.99. The summed E-state index contributed by atoms with van der Waals surface area (Å²) < 4.78 is 13.1. The lowest BCUT2D eigenvalue weighted by atomic mass is 10.3. The number of hydrogen-bond donors (Lipinski definition) is 1. The van der Waals surface area contributed by atoms with E-state index < -0.39 is 0 Å². The molecule has 6 nitrogen and oxygen atoms in total. The average Bonchev–Trinajstić information content (AvgIpc) is 2.74. The van der Waals surface area contributed by atoms with E-state index in [1.54, 1.807) is 0 Å². The number of nitrogens with one attached hydrogen (secondary N) is 1. The number of fused-ring (bicyclic) bond motifs is 1. The molecular formula is C9H14N4O2. The maximum absolute atomic E-state index is 5.62. The van der Waals surface area contributed by atoms with Crippen LogP contribution in [-0.4, -0.2) is 41.1 Å². The Morgan fingerprint density at radius 2 is 2.33 bits per heavy atom. The van der Waals surface area contributed by atoms with Gasteiger partial charge in [0.05, 0.1) is 26.4 Å². The molecule has 2 aliphatic heterocycles. The van der Waals surface area contributed by atoms with Gasteiger partial charge in [-0.1, -0.05) is 0 Å². The summed E-state index contributed by atoms with van der Waals surface area (Å²) in [6, 6.07) is 0. The van der Waals surface area contributed by atoms with Crippen LogP contribution >= 0.6 is 0 Å². The van der Waals surface area contributed by atoms with Gasteiger partial charge in [0.1, 0.15) is 11.9 Å². The lowest BCUT2D eigenvalue weighted by Gasteiger charge is -2.24. The lowest BCUT2D eigenvalue weighted by Crippen LogP contribution is -2.31. The Kier molecular flexibility index (Phi) is 2.40. The van der Waals surface area contributed by atoms with Crippen LogP contribution in [0.2, 0.25) is 0 Å². The van der Waals surface area contributed by atoms with Crippen molar-refractivity contribution in [3.8, 4) is 0 Å². The van der Waals surface area contributed by atoms with Crippen molar-refractivity contribution in [3.63, 3.8) is 0 Å². The fourth-order valence-corrected chi connectivity index (χ4v) is 1.99. The van der Waals surface area contributed by atoms with Crippen molar-refractivity contribution in [2.75, 3.05) is 26.4 Å². The van der Waals surface area contributed by atoms with Crippen molar-refractivity contribution >= 4 is 0 Å². The molecule has 0 aromatic carbocycles. The van der Waals surface area contributed by atoms with Gasteiger partial charge in [0.25, 0.3) is 0 Å². The maximum atomic E-state index is 5.62. The van der Waals surface area contributed by atoms with Gasteiger partial charge in [-0.25, -0.2) is 0 Å². The van der Waals surface area contributed by atoms with Crippen LogP contribution in [0.25, 0.3) is 0 Å². The first-order chi connectivity index (χ1) is 7.45. The SMILES string of the molecule is C1Cn2c(nnc2C2COCCO2)CN1. The topological polar surface area (TPSA) is 61.2 Å². The third-order valence-electron chi connectivity index (χ3n) is 2.76. The average molecular weight is 210 g/mol. The molecule has 1 aromatic rings. The first kappa shape index (κ1) is 9.26. The summed E-state index contributed by atoms with van der Waals surface area (Å²) in [4.78, 5) is 0. The lowest BCUT2D eigenvalue weighted by molar-refractivity contribution is -0.0949. The maximum Gasteiger partial charge on any atom is 0.164 e. The molecule has 1 atom stereocenters. The molecule has 15 heavy (non-hydrogen) atoms. The van der Waals surface area contributed by atoms with Gasteiger partial charge in [0.15, 0.2) is 5.82 Å². The third-order valence-corrected chi connectivity index (χ3v) is 2.76. The van der Waals surface area contributed by atoms with Crippen LogP contribution < -0.4 is 5.32 Å². The Hall–Kier alpha value is -0.980. The standard InChI is InChI=1S/C9H14N4O2/c1-2-13-8(5-10-1)11-12-9(13)7-6-14-3-4-15-7/h7,10H,1-6H2. The number of hydrogen-bond acceptors (Lipinski definition) is 5. The molecule has 82 valence electrons. The van der Waals surface area contributed by atoms with Crippen molar-refractivity contribution < 1.29 is 9.47 Å². The van der Waals surface area contributed by atoms with Crippen molar-refractivity contribution in [2.24, 2.45) is 0 Å². The molecule has 1 saturated heterocycles. The molecule has 1 fully saturated rings. The molecule has 1 N–H and O–H groups in total.